The monoisotopic (exact) mass is 490 g/mol. The third-order valence-electron chi connectivity index (χ3n) is 6.65. The van der Waals surface area contributed by atoms with Gasteiger partial charge in [-0.25, -0.2) is 12.8 Å². The largest absolute Gasteiger partial charge is 0.369 e. The predicted octanol–water partition coefficient (Wildman–Crippen LogP) is 5.26. The van der Waals surface area contributed by atoms with Gasteiger partial charge in [-0.15, -0.1) is 0 Å². The van der Waals surface area contributed by atoms with Crippen LogP contribution >= 0.6 is 0 Å². The highest BCUT2D eigenvalue weighted by Crippen LogP contribution is 2.30. The van der Waals surface area contributed by atoms with Gasteiger partial charge < -0.3 is 9.47 Å². The van der Waals surface area contributed by atoms with Gasteiger partial charge in [-0.3, -0.25) is 4.79 Å². The Bertz CT molecular complexity index is 1530. The molecule has 1 fully saturated rings. The standard InChI is InChI=1S/C28H27FN2O3S/c1-20-9-8-14-30(17-20)26-16-25-23(15-24(26)29)28(32)27(35(33,34)22-12-6-3-7-13-22)19-31(25)18-21-10-4-2-5-11-21/h2-7,10-13,15-16,19-20H,8-9,14,17-18H2,1H3/t20-/m0/s1. The van der Waals surface area contributed by atoms with Crippen LogP contribution in [-0.2, 0) is 16.4 Å². The van der Waals surface area contributed by atoms with Gasteiger partial charge in [-0.1, -0.05) is 55.5 Å². The highest BCUT2D eigenvalue weighted by molar-refractivity contribution is 7.91. The van der Waals surface area contributed by atoms with Crippen molar-refractivity contribution in [1.82, 2.24) is 4.57 Å². The van der Waals surface area contributed by atoms with Gasteiger partial charge in [0.05, 0.1) is 21.5 Å². The molecule has 1 atom stereocenters. The number of hydrogen-bond donors (Lipinski definition) is 0. The van der Waals surface area contributed by atoms with Crippen LogP contribution in [-0.4, -0.2) is 26.1 Å². The average molecular weight is 491 g/mol. The first-order valence-corrected chi connectivity index (χ1v) is 13.3. The fourth-order valence-electron chi connectivity index (χ4n) is 4.85. The Hall–Kier alpha value is -3.45. The Balaban J connectivity index is 1.74. The van der Waals surface area contributed by atoms with Crippen LogP contribution in [0, 0.1) is 11.7 Å². The first kappa shape index (κ1) is 23.3. The first-order valence-electron chi connectivity index (χ1n) is 11.8. The van der Waals surface area contributed by atoms with Crippen molar-refractivity contribution in [2.75, 3.05) is 18.0 Å². The molecule has 1 aliphatic rings. The lowest BCUT2D eigenvalue weighted by Crippen LogP contribution is -2.35. The molecule has 4 aromatic rings. The van der Waals surface area contributed by atoms with Crippen LogP contribution in [0.4, 0.5) is 10.1 Å². The fraction of sp³-hybridized carbons (Fsp3) is 0.250. The Kier molecular flexibility index (Phi) is 6.19. The van der Waals surface area contributed by atoms with Gasteiger partial charge in [0.15, 0.2) is 0 Å². The minimum absolute atomic E-state index is 0.0297. The number of benzene rings is 3. The summed E-state index contributed by atoms with van der Waals surface area (Å²) in [6, 6.07) is 20.4. The molecule has 3 aromatic carbocycles. The van der Waals surface area contributed by atoms with Gasteiger partial charge in [0.1, 0.15) is 10.7 Å². The van der Waals surface area contributed by atoms with Crippen molar-refractivity contribution in [3.8, 4) is 0 Å². The van der Waals surface area contributed by atoms with Crippen molar-refractivity contribution >= 4 is 26.4 Å². The number of fused-ring (bicyclic) bond motifs is 1. The van der Waals surface area contributed by atoms with E-state index in [1.165, 1.54) is 24.4 Å². The number of halogens is 1. The number of piperidine rings is 1. The van der Waals surface area contributed by atoms with E-state index in [9.17, 15) is 13.2 Å². The number of aromatic nitrogens is 1. The van der Waals surface area contributed by atoms with E-state index in [4.69, 9.17) is 0 Å². The SMILES string of the molecule is C[C@H]1CCCN(c2cc3c(cc2F)c(=O)c(S(=O)(=O)c2ccccc2)cn3Cc2ccccc2)C1. The van der Waals surface area contributed by atoms with Crippen LogP contribution in [0.5, 0.6) is 0 Å². The average Bonchev–Trinajstić information content (AvgIpc) is 2.86. The minimum Gasteiger partial charge on any atom is -0.369 e. The molecule has 2 heterocycles. The number of nitrogens with zero attached hydrogens (tertiary/aromatic N) is 2. The Morgan fingerprint density at radius 3 is 2.37 bits per heavy atom. The van der Waals surface area contributed by atoms with Crippen molar-refractivity contribution in [1.29, 1.82) is 0 Å². The third kappa shape index (κ3) is 4.48. The molecular weight excluding hydrogens is 463 g/mol. The Morgan fingerprint density at radius 2 is 1.69 bits per heavy atom. The zero-order valence-electron chi connectivity index (χ0n) is 19.5. The van der Waals surface area contributed by atoms with E-state index in [1.54, 1.807) is 28.8 Å². The normalized spacial score (nSPS) is 16.5. The summed E-state index contributed by atoms with van der Waals surface area (Å²) in [5.41, 5.74) is 1.22. The van der Waals surface area contributed by atoms with Crippen molar-refractivity contribution in [2.45, 2.75) is 36.1 Å². The highest BCUT2D eigenvalue weighted by atomic mass is 32.2. The molecule has 0 spiro atoms. The molecular formula is C28H27FN2O3S. The molecule has 1 saturated heterocycles. The second-order valence-electron chi connectivity index (χ2n) is 9.27. The molecule has 0 amide bonds. The molecule has 7 heteroatoms. The molecule has 180 valence electrons. The highest BCUT2D eigenvalue weighted by Gasteiger charge is 2.26. The van der Waals surface area contributed by atoms with Crippen LogP contribution in [0.15, 0.2) is 93.6 Å². The lowest BCUT2D eigenvalue weighted by molar-refractivity contribution is 0.442. The molecule has 35 heavy (non-hydrogen) atoms. The van der Waals surface area contributed by atoms with Gasteiger partial charge in [0.2, 0.25) is 15.3 Å². The van der Waals surface area contributed by atoms with Crippen LogP contribution in [0.2, 0.25) is 0 Å². The zero-order valence-corrected chi connectivity index (χ0v) is 20.3. The summed E-state index contributed by atoms with van der Waals surface area (Å²) in [6.45, 7) is 3.98. The topological polar surface area (TPSA) is 59.4 Å². The van der Waals surface area contributed by atoms with Crippen molar-refractivity contribution in [3.05, 3.63) is 101 Å². The first-order chi connectivity index (χ1) is 16.8. The van der Waals surface area contributed by atoms with E-state index >= 15 is 4.39 Å². The Morgan fingerprint density at radius 1 is 1.00 bits per heavy atom. The lowest BCUT2D eigenvalue weighted by Gasteiger charge is -2.33. The quantitative estimate of drug-likeness (QED) is 0.383. The van der Waals surface area contributed by atoms with Gasteiger partial charge in [0.25, 0.3) is 0 Å². The second kappa shape index (κ2) is 9.30. The molecule has 0 aliphatic carbocycles. The molecule has 0 bridgehead atoms. The maximum atomic E-state index is 15.4. The molecule has 0 unspecified atom stereocenters. The van der Waals surface area contributed by atoms with Crippen molar-refractivity contribution in [2.24, 2.45) is 5.92 Å². The summed E-state index contributed by atoms with van der Waals surface area (Å²) in [6.07, 6.45) is 3.48. The third-order valence-corrected chi connectivity index (χ3v) is 8.42. The van der Waals surface area contributed by atoms with Gasteiger partial charge in [-0.05, 0) is 48.6 Å². The van der Waals surface area contributed by atoms with E-state index in [1.807, 2.05) is 35.2 Å². The number of hydrogen-bond acceptors (Lipinski definition) is 4. The van der Waals surface area contributed by atoms with Gasteiger partial charge in [-0.2, -0.15) is 0 Å². The molecule has 5 rings (SSSR count). The van der Waals surface area contributed by atoms with Crippen molar-refractivity contribution < 1.29 is 12.8 Å². The number of pyridine rings is 1. The van der Waals surface area contributed by atoms with Crippen molar-refractivity contribution in [3.63, 3.8) is 0 Å². The molecule has 1 aliphatic heterocycles. The minimum atomic E-state index is -4.09. The van der Waals surface area contributed by atoms with Gasteiger partial charge in [0, 0.05) is 25.8 Å². The summed E-state index contributed by atoms with van der Waals surface area (Å²) in [4.78, 5) is 15.2. The van der Waals surface area contributed by atoms with E-state index in [2.05, 4.69) is 6.92 Å². The molecule has 1 aromatic heterocycles. The smallest absolute Gasteiger partial charge is 0.211 e. The van der Waals surface area contributed by atoms with E-state index in [0.29, 0.717) is 23.7 Å². The van der Waals surface area contributed by atoms with Gasteiger partial charge >= 0.3 is 0 Å². The van der Waals surface area contributed by atoms with E-state index < -0.39 is 21.1 Å². The van der Waals surface area contributed by atoms with E-state index in [-0.39, 0.29) is 15.2 Å². The second-order valence-corrected chi connectivity index (χ2v) is 11.2. The molecule has 5 nitrogen and oxygen atoms in total. The number of rotatable bonds is 5. The lowest BCUT2D eigenvalue weighted by atomic mass is 9.99. The molecule has 0 N–H and O–H groups in total. The fourth-order valence-corrected chi connectivity index (χ4v) is 6.24. The zero-order chi connectivity index (χ0) is 24.6. The van der Waals surface area contributed by atoms with Crippen LogP contribution in [0.1, 0.15) is 25.3 Å². The van der Waals surface area contributed by atoms with Crippen LogP contribution in [0.25, 0.3) is 10.9 Å². The summed E-state index contributed by atoms with van der Waals surface area (Å²) in [5, 5.41) is 0.0595. The van der Waals surface area contributed by atoms with Crippen LogP contribution < -0.4 is 10.3 Å². The van der Waals surface area contributed by atoms with Crippen LogP contribution in [0.3, 0.4) is 0 Å². The van der Waals surface area contributed by atoms with E-state index in [0.717, 1.165) is 31.5 Å². The summed E-state index contributed by atoms with van der Waals surface area (Å²) in [5.74, 6) is -0.0621. The molecule has 0 radical (unpaired) electrons. The summed E-state index contributed by atoms with van der Waals surface area (Å²) in [7, 11) is -4.09. The molecule has 0 saturated carbocycles. The maximum absolute atomic E-state index is 15.4. The number of anilines is 1. The summed E-state index contributed by atoms with van der Waals surface area (Å²) < 4.78 is 44.0. The maximum Gasteiger partial charge on any atom is 0.211 e. The predicted molar refractivity (Wildman–Crippen MR) is 136 cm³/mol. The Labute approximate surface area is 204 Å². The number of sulfone groups is 1. The summed E-state index contributed by atoms with van der Waals surface area (Å²) >= 11 is 0.